The van der Waals surface area contributed by atoms with Crippen LogP contribution in [0, 0.1) is 11.8 Å². The molecule has 0 aromatic heterocycles. The van der Waals surface area contributed by atoms with E-state index < -0.39 is 0 Å². The summed E-state index contributed by atoms with van der Waals surface area (Å²) in [5.74, 6) is 2.57. The van der Waals surface area contributed by atoms with Gasteiger partial charge in [0.1, 0.15) is 5.75 Å². The minimum absolute atomic E-state index is 0.342. The van der Waals surface area contributed by atoms with Crippen LogP contribution >= 0.6 is 0 Å². The molecule has 1 fully saturated rings. The molecule has 2 heteroatoms. The Morgan fingerprint density at radius 2 is 1.95 bits per heavy atom. The van der Waals surface area contributed by atoms with Crippen LogP contribution in [0.2, 0.25) is 0 Å². The molecule has 4 unspecified atom stereocenters. The lowest BCUT2D eigenvalue weighted by atomic mass is 9.77. The van der Waals surface area contributed by atoms with Crippen molar-refractivity contribution in [2.24, 2.45) is 11.8 Å². The zero-order valence-electron chi connectivity index (χ0n) is 12.6. The van der Waals surface area contributed by atoms with Crippen LogP contribution in [0.3, 0.4) is 0 Å². The van der Waals surface area contributed by atoms with Gasteiger partial charge in [-0.1, -0.05) is 44.9 Å². The Labute approximate surface area is 117 Å². The summed E-state index contributed by atoms with van der Waals surface area (Å²) in [4.78, 5) is 0. The topological polar surface area (TPSA) is 21.3 Å². The van der Waals surface area contributed by atoms with Crippen LogP contribution in [0.1, 0.15) is 51.6 Å². The van der Waals surface area contributed by atoms with Gasteiger partial charge in [-0.25, -0.2) is 0 Å². The van der Waals surface area contributed by atoms with E-state index >= 15 is 0 Å². The molecule has 4 atom stereocenters. The van der Waals surface area contributed by atoms with Crippen molar-refractivity contribution in [2.45, 2.75) is 52.1 Å². The number of hydrogen-bond acceptors (Lipinski definition) is 2. The highest BCUT2D eigenvalue weighted by molar-refractivity contribution is 5.35. The third-order valence-electron chi connectivity index (χ3n) is 4.78. The molecule has 106 valence electrons. The van der Waals surface area contributed by atoms with E-state index in [4.69, 9.17) is 4.74 Å². The van der Waals surface area contributed by atoms with E-state index in [0.717, 1.165) is 17.6 Å². The van der Waals surface area contributed by atoms with Gasteiger partial charge in [-0.3, -0.25) is 0 Å². The largest absolute Gasteiger partial charge is 0.496 e. The summed E-state index contributed by atoms with van der Waals surface area (Å²) in [6.07, 6.45) is 4.02. The fourth-order valence-electron chi connectivity index (χ4n) is 3.25. The molecule has 0 aliphatic heterocycles. The molecular formula is C17H27NO. The summed E-state index contributed by atoms with van der Waals surface area (Å²) in [6, 6.07) is 9.29. The van der Waals surface area contributed by atoms with Crippen LogP contribution in [0.15, 0.2) is 24.3 Å². The molecule has 0 spiro atoms. The van der Waals surface area contributed by atoms with Gasteiger partial charge in [-0.2, -0.15) is 0 Å². The molecule has 1 aromatic rings. The van der Waals surface area contributed by atoms with Crippen LogP contribution in [-0.2, 0) is 0 Å². The SMILES string of the molecule is COc1ccccc1C(C)NC1CCCC(C)C1C. The van der Waals surface area contributed by atoms with Gasteiger partial charge in [0.05, 0.1) is 7.11 Å². The first-order valence-corrected chi connectivity index (χ1v) is 7.52. The van der Waals surface area contributed by atoms with Crippen LogP contribution in [0.5, 0.6) is 5.75 Å². The van der Waals surface area contributed by atoms with Crippen molar-refractivity contribution in [3.63, 3.8) is 0 Å². The number of rotatable bonds is 4. The maximum Gasteiger partial charge on any atom is 0.123 e. The van der Waals surface area contributed by atoms with Crippen LogP contribution in [0.25, 0.3) is 0 Å². The summed E-state index contributed by atoms with van der Waals surface area (Å²) < 4.78 is 5.46. The van der Waals surface area contributed by atoms with Crippen molar-refractivity contribution >= 4 is 0 Å². The van der Waals surface area contributed by atoms with Crippen molar-refractivity contribution in [1.29, 1.82) is 0 Å². The van der Waals surface area contributed by atoms with Gasteiger partial charge in [-0.05, 0) is 31.2 Å². The number of benzene rings is 1. The molecule has 0 amide bonds. The highest BCUT2D eigenvalue weighted by Crippen LogP contribution is 2.32. The smallest absolute Gasteiger partial charge is 0.123 e. The second-order valence-corrected chi connectivity index (χ2v) is 6.00. The van der Waals surface area contributed by atoms with Gasteiger partial charge in [0.25, 0.3) is 0 Å². The first-order valence-electron chi connectivity index (χ1n) is 7.52. The van der Waals surface area contributed by atoms with E-state index in [-0.39, 0.29) is 0 Å². The normalized spacial score (nSPS) is 28.9. The van der Waals surface area contributed by atoms with Gasteiger partial charge in [0, 0.05) is 17.6 Å². The molecule has 1 aliphatic rings. The van der Waals surface area contributed by atoms with Crippen molar-refractivity contribution < 1.29 is 4.74 Å². The summed E-state index contributed by atoms with van der Waals surface area (Å²) >= 11 is 0. The third-order valence-corrected chi connectivity index (χ3v) is 4.78. The maximum absolute atomic E-state index is 5.46. The molecule has 1 aromatic carbocycles. The van der Waals surface area contributed by atoms with E-state index in [9.17, 15) is 0 Å². The summed E-state index contributed by atoms with van der Waals surface area (Å²) in [5.41, 5.74) is 1.26. The standard InChI is InChI=1S/C17H27NO/c1-12-8-7-10-16(13(12)2)18-14(3)15-9-5-6-11-17(15)19-4/h5-6,9,11-14,16,18H,7-8,10H2,1-4H3. The monoisotopic (exact) mass is 261 g/mol. The average molecular weight is 261 g/mol. The Kier molecular flexibility index (Phi) is 4.87. The second kappa shape index (κ2) is 6.42. The molecule has 0 bridgehead atoms. The van der Waals surface area contributed by atoms with Gasteiger partial charge in [0.2, 0.25) is 0 Å². The third kappa shape index (κ3) is 3.30. The number of ether oxygens (including phenoxy) is 1. The lowest BCUT2D eigenvalue weighted by Crippen LogP contribution is -2.41. The Bertz CT molecular complexity index is 404. The van der Waals surface area contributed by atoms with Crippen molar-refractivity contribution in [1.82, 2.24) is 5.32 Å². The summed E-state index contributed by atoms with van der Waals surface area (Å²) in [7, 11) is 1.75. The van der Waals surface area contributed by atoms with Gasteiger partial charge in [-0.15, -0.1) is 0 Å². The number of methoxy groups -OCH3 is 1. The molecular weight excluding hydrogens is 234 g/mol. The van der Waals surface area contributed by atoms with E-state index in [1.165, 1.54) is 24.8 Å². The number of nitrogens with one attached hydrogen (secondary N) is 1. The van der Waals surface area contributed by atoms with E-state index in [1.807, 2.05) is 12.1 Å². The van der Waals surface area contributed by atoms with Crippen LogP contribution in [-0.4, -0.2) is 13.2 Å². The minimum atomic E-state index is 0.342. The first-order chi connectivity index (χ1) is 9.13. The van der Waals surface area contributed by atoms with Crippen LogP contribution < -0.4 is 10.1 Å². The fourth-order valence-corrected chi connectivity index (χ4v) is 3.25. The first kappa shape index (κ1) is 14.4. The maximum atomic E-state index is 5.46. The Morgan fingerprint density at radius 3 is 2.68 bits per heavy atom. The van der Waals surface area contributed by atoms with Crippen LogP contribution in [0.4, 0.5) is 0 Å². The highest BCUT2D eigenvalue weighted by Gasteiger charge is 2.28. The highest BCUT2D eigenvalue weighted by atomic mass is 16.5. The molecule has 0 saturated heterocycles. The lowest BCUT2D eigenvalue weighted by Gasteiger charge is -2.36. The van der Waals surface area contributed by atoms with E-state index in [0.29, 0.717) is 12.1 Å². The van der Waals surface area contributed by atoms with Gasteiger partial charge in [0.15, 0.2) is 0 Å². The summed E-state index contributed by atoms with van der Waals surface area (Å²) in [6.45, 7) is 7.01. The van der Waals surface area contributed by atoms with E-state index in [2.05, 4.69) is 38.2 Å². The Hall–Kier alpha value is -1.02. The molecule has 2 nitrogen and oxygen atoms in total. The van der Waals surface area contributed by atoms with Crippen molar-refractivity contribution in [3.05, 3.63) is 29.8 Å². The van der Waals surface area contributed by atoms with Crippen molar-refractivity contribution in [2.75, 3.05) is 7.11 Å². The van der Waals surface area contributed by atoms with Gasteiger partial charge < -0.3 is 10.1 Å². The summed E-state index contributed by atoms with van der Waals surface area (Å²) in [5, 5.41) is 3.81. The number of para-hydroxylation sites is 1. The molecule has 19 heavy (non-hydrogen) atoms. The predicted octanol–water partition coefficient (Wildman–Crippen LogP) is 4.17. The predicted molar refractivity (Wildman–Crippen MR) is 80.5 cm³/mol. The Morgan fingerprint density at radius 1 is 1.21 bits per heavy atom. The zero-order chi connectivity index (χ0) is 13.8. The molecule has 1 aliphatic carbocycles. The van der Waals surface area contributed by atoms with Gasteiger partial charge >= 0.3 is 0 Å². The average Bonchev–Trinajstić information content (AvgIpc) is 2.43. The van der Waals surface area contributed by atoms with E-state index in [1.54, 1.807) is 7.11 Å². The molecule has 1 N–H and O–H groups in total. The fraction of sp³-hybridized carbons (Fsp3) is 0.647. The minimum Gasteiger partial charge on any atom is -0.496 e. The molecule has 2 rings (SSSR count). The second-order valence-electron chi connectivity index (χ2n) is 6.00. The Balaban J connectivity index is 2.06. The molecule has 1 saturated carbocycles. The zero-order valence-corrected chi connectivity index (χ0v) is 12.6. The molecule has 0 radical (unpaired) electrons. The van der Waals surface area contributed by atoms with Crippen molar-refractivity contribution in [3.8, 4) is 5.75 Å². The quantitative estimate of drug-likeness (QED) is 0.878. The number of hydrogen-bond donors (Lipinski definition) is 1. The molecule has 0 heterocycles. The lowest BCUT2D eigenvalue weighted by molar-refractivity contribution is 0.195.